The van der Waals surface area contributed by atoms with E-state index in [-0.39, 0.29) is 18.1 Å². The van der Waals surface area contributed by atoms with Crippen molar-refractivity contribution in [3.05, 3.63) is 59.8 Å². The number of aromatic amines is 1. The molecule has 0 saturated heterocycles. The fraction of sp³-hybridized carbons (Fsp3) is 0.318. The van der Waals surface area contributed by atoms with Crippen molar-refractivity contribution in [2.75, 3.05) is 7.11 Å². The second-order valence-electron chi connectivity index (χ2n) is 6.90. The summed E-state index contributed by atoms with van der Waals surface area (Å²) in [4.78, 5) is 15.7. The predicted octanol–water partition coefficient (Wildman–Crippen LogP) is 4.38. The number of carbonyl (C=O) groups is 1. The lowest BCUT2D eigenvalue weighted by Crippen LogP contribution is -2.28. The number of nitrogens with one attached hydrogen (secondary N) is 2. The highest BCUT2D eigenvalue weighted by Gasteiger charge is 2.15. The smallest absolute Gasteiger partial charge is 0.224 e. The summed E-state index contributed by atoms with van der Waals surface area (Å²) in [6, 6.07) is 13.6. The molecule has 1 atom stereocenters. The Kier molecular flexibility index (Phi) is 5.69. The summed E-state index contributed by atoms with van der Waals surface area (Å²) < 4.78 is 11.2. The Balaban J connectivity index is 1.69. The van der Waals surface area contributed by atoms with E-state index in [2.05, 4.69) is 10.3 Å². The maximum Gasteiger partial charge on any atom is 0.224 e. The van der Waals surface area contributed by atoms with E-state index in [0.29, 0.717) is 17.9 Å². The summed E-state index contributed by atoms with van der Waals surface area (Å²) in [5.74, 6) is 1.35. The first-order valence-electron chi connectivity index (χ1n) is 9.17. The van der Waals surface area contributed by atoms with Crippen molar-refractivity contribution in [2.24, 2.45) is 0 Å². The molecule has 2 aromatic carbocycles. The van der Waals surface area contributed by atoms with Crippen LogP contribution in [0.2, 0.25) is 0 Å². The van der Waals surface area contributed by atoms with Gasteiger partial charge in [-0.2, -0.15) is 0 Å². The Labute approximate surface area is 159 Å². The molecule has 0 aliphatic rings. The van der Waals surface area contributed by atoms with E-state index < -0.39 is 0 Å². The minimum Gasteiger partial charge on any atom is -0.493 e. The maximum atomic E-state index is 12.5. The quantitative estimate of drug-likeness (QED) is 0.652. The topological polar surface area (TPSA) is 63.3 Å². The van der Waals surface area contributed by atoms with Crippen LogP contribution in [0.25, 0.3) is 10.9 Å². The molecule has 142 valence electrons. The van der Waals surface area contributed by atoms with Gasteiger partial charge in [-0.05, 0) is 50.1 Å². The van der Waals surface area contributed by atoms with Gasteiger partial charge in [0.05, 0.1) is 25.7 Å². The van der Waals surface area contributed by atoms with Crippen LogP contribution in [0.5, 0.6) is 11.5 Å². The number of amides is 1. The molecule has 0 aliphatic heterocycles. The van der Waals surface area contributed by atoms with Gasteiger partial charge in [0.2, 0.25) is 5.91 Å². The zero-order valence-electron chi connectivity index (χ0n) is 16.2. The van der Waals surface area contributed by atoms with Crippen LogP contribution in [0.15, 0.2) is 48.7 Å². The van der Waals surface area contributed by atoms with Crippen molar-refractivity contribution >= 4 is 16.8 Å². The van der Waals surface area contributed by atoms with Crippen LogP contribution >= 0.6 is 0 Å². The molecule has 3 aromatic rings. The number of ether oxygens (including phenoxy) is 2. The van der Waals surface area contributed by atoms with E-state index in [1.54, 1.807) is 7.11 Å². The highest BCUT2D eigenvalue weighted by atomic mass is 16.5. The molecule has 5 nitrogen and oxygen atoms in total. The molecule has 0 radical (unpaired) electrons. The number of rotatable bonds is 7. The molecule has 0 spiro atoms. The molecule has 2 N–H and O–H groups in total. The van der Waals surface area contributed by atoms with Gasteiger partial charge in [0.25, 0.3) is 0 Å². The van der Waals surface area contributed by atoms with E-state index in [9.17, 15) is 4.79 Å². The second-order valence-corrected chi connectivity index (χ2v) is 6.90. The average Bonchev–Trinajstić information content (AvgIpc) is 3.04. The van der Waals surface area contributed by atoms with Gasteiger partial charge < -0.3 is 19.8 Å². The normalized spacial score (nSPS) is 12.2. The molecule has 1 amide bonds. The number of aromatic nitrogens is 1. The van der Waals surface area contributed by atoms with Gasteiger partial charge >= 0.3 is 0 Å². The Morgan fingerprint density at radius 3 is 2.63 bits per heavy atom. The monoisotopic (exact) mass is 366 g/mol. The summed E-state index contributed by atoms with van der Waals surface area (Å²) >= 11 is 0. The zero-order valence-corrected chi connectivity index (χ0v) is 16.2. The third kappa shape index (κ3) is 4.42. The van der Waals surface area contributed by atoms with Gasteiger partial charge in [0.1, 0.15) is 0 Å². The van der Waals surface area contributed by atoms with Crippen molar-refractivity contribution in [2.45, 2.75) is 39.3 Å². The molecular weight excluding hydrogens is 340 g/mol. The van der Waals surface area contributed by atoms with Crippen LogP contribution in [0.1, 0.15) is 37.9 Å². The number of H-pyrrole nitrogens is 1. The largest absolute Gasteiger partial charge is 0.493 e. The molecule has 0 aliphatic carbocycles. The van der Waals surface area contributed by atoms with Crippen LogP contribution in [0.4, 0.5) is 0 Å². The lowest BCUT2D eigenvalue weighted by Gasteiger charge is -2.18. The van der Waals surface area contributed by atoms with Gasteiger partial charge in [0, 0.05) is 17.1 Å². The molecule has 27 heavy (non-hydrogen) atoms. The van der Waals surface area contributed by atoms with Crippen molar-refractivity contribution < 1.29 is 14.3 Å². The van der Waals surface area contributed by atoms with Crippen LogP contribution in [-0.2, 0) is 11.2 Å². The Morgan fingerprint density at radius 2 is 1.89 bits per heavy atom. The molecule has 0 saturated carbocycles. The molecule has 1 unspecified atom stereocenters. The number of hydrogen-bond donors (Lipinski definition) is 2. The second kappa shape index (κ2) is 8.16. The highest BCUT2D eigenvalue weighted by molar-refractivity contribution is 5.89. The van der Waals surface area contributed by atoms with Crippen molar-refractivity contribution in [3.8, 4) is 11.5 Å². The summed E-state index contributed by atoms with van der Waals surface area (Å²) in [6.07, 6.45) is 2.30. The lowest BCUT2D eigenvalue weighted by atomic mass is 10.1. The van der Waals surface area contributed by atoms with Crippen molar-refractivity contribution in [1.29, 1.82) is 0 Å². The van der Waals surface area contributed by atoms with Crippen molar-refractivity contribution in [3.63, 3.8) is 0 Å². The fourth-order valence-electron chi connectivity index (χ4n) is 3.13. The van der Waals surface area contributed by atoms with E-state index in [1.165, 1.54) is 0 Å². The summed E-state index contributed by atoms with van der Waals surface area (Å²) in [5.41, 5.74) is 3.00. The van der Waals surface area contributed by atoms with Gasteiger partial charge in [0.15, 0.2) is 11.5 Å². The Morgan fingerprint density at radius 1 is 1.11 bits per heavy atom. The molecule has 3 rings (SSSR count). The molecule has 5 heteroatoms. The van der Waals surface area contributed by atoms with Gasteiger partial charge in [-0.1, -0.05) is 24.3 Å². The number of methoxy groups -OCH3 is 1. The summed E-state index contributed by atoms with van der Waals surface area (Å²) in [7, 11) is 1.62. The first-order chi connectivity index (χ1) is 13.0. The number of hydrogen-bond acceptors (Lipinski definition) is 3. The van der Waals surface area contributed by atoms with E-state index in [0.717, 1.165) is 22.0 Å². The summed E-state index contributed by atoms with van der Waals surface area (Å²) in [6.45, 7) is 5.91. The third-order valence-corrected chi connectivity index (χ3v) is 4.45. The summed E-state index contributed by atoms with van der Waals surface area (Å²) in [5, 5.41) is 4.14. The standard InChI is InChI=1S/C22H26N2O3/c1-14(2)27-20-10-9-16(11-21(20)26-4)15(3)24-22(25)12-17-13-23-19-8-6-5-7-18(17)19/h5-11,13-15,23H,12H2,1-4H3,(H,24,25). The van der Waals surface area contributed by atoms with E-state index >= 15 is 0 Å². The molecule has 0 bridgehead atoms. The molecule has 0 fully saturated rings. The number of para-hydroxylation sites is 1. The Hall–Kier alpha value is -2.95. The number of fused-ring (bicyclic) bond motifs is 1. The lowest BCUT2D eigenvalue weighted by molar-refractivity contribution is -0.121. The molecule has 1 aromatic heterocycles. The minimum atomic E-state index is -0.135. The molecular formula is C22H26N2O3. The number of carbonyl (C=O) groups excluding carboxylic acids is 1. The molecule has 1 heterocycles. The van der Waals surface area contributed by atoms with Crippen LogP contribution < -0.4 is 14.8 Å². The van der Waals surface area contributed by atoms with Gasteiger partial charge in [-0.25, -0.2) is 0 Å². The average molecular weight is 366 g/mol. The van der Waals surface area contributed by atoms with Gasteiger partial charge in [-0.15, -0.1) is 0 Å². The zero-order chi connectivity index (χ0) is 19.4. The minimum absolute atomic E-state index is 0.0197. The highest BCUT2D eigenvalue weighted by Crippen LogP contribution is 2.31. The first kappa shape index (κ1) is 18.8. The Bertz CT molecular complexity index is 930. The third-order valence-electron chi connectivity index (χ3n) is 4.45. The first-order valence-corrected chi connectivity index (χ1v) is 9.17. The van der Waals surface area contributed by atoms with Crippen LogP contribution in [0, 0.1) is 0 Å². The maximum absolute atomic E-state index is 12.5. The van der Waals surface area contributed by atoms with Crippen LogP contribution in [0.3, 0.4) is 0 Å². The number of benzene rings is 2. The SMILES string of the molecule is COc1cc(C(C)NC(=O)Cc2c[nH]c3ccccc23)ccc1OC(C)C. The van der Waals surface area contributed by atoms with E-state index in [1.807, 2.05) is 69.4 Å². The predicted molar refractivity (Wildman–Crippen MR) is 107 cm³/mol. The van der Waals surface area contributed by atoms with E-state index in [4.69, 9.17) is 9.47 Å². The van der Waals surface area contributed by atoms with Gasteiger partial charge in [-0.3, -0.25) is 4.79 Å². The fourth-order valence-corrected chi connectivity index (χ4v) is 3.13. The van der Waals surface area contributed by atoms with Crippen LogP contribution in [-0.4, -0.2) is 24.1 Å². The van der Waals surface area contributed by atoms with Crippen molar-refractivity contribution in [1.82, 2.24) is 10.3 Å².